The van der Waals surface area contributed by atoms with Crippen LogP contribution in [0.3, 0.4) is 0 Å². The van der Waals surface area contributed by atoms with Crippen LogP contribution in [-0.4, -0.2) is 42.6 Å². The minimum absolute atomic E-state index is 0.553. The molecule has 3 aromatic carbocycles. The number of para-hydroxylation sites is 1. The third kappa shape index (κ3) is 4.53. The molecule has 1 aliphatic heterocycles. The number of benzene rings is 3. The molecule has 0 atom stereocenters. The fourth-order valence-corrected chi connectivity index (χ4v) is 4.86. The monoisotopic (exact) mass is 421 g/mol. The quantitative estimate of drug-likeness (QED) is 0.378. The number of likely N-dealkylation sites (tertiary alicyclic amines) is 1. The van der Waals surface area contributed by atoms with Crippen LogP contribution in [0.25, 0.3) is 22.2 Å². The number of anilines is 1. The van der Waals surface area contributed by atoms with Crippen LogP contribution >= 0.6 is 0 Å². The number of fused-ring (bicyclic) bond motifs is 1. The zero-order valence-corrected chi connectivity index (χ0v) is 18.8. The fourth-order valence-electron chi connectivity index (χ4n) is 4.86. The molecule has 1 aliphatic rings. The number of aromatic nitrogens is 1. The zero-order valence-electron chi connectivity index (χ0n) is 18.8. The summed E-state index contributed by atoms with van der Waals surface area (Å²) in [5.74, 6) is 0. The van der Waals surface area contributed by atoms with Crippen molar-refractivity contribution >= 4 is 16.6 Å². The molecule has 3 nitrogen and oxygen atoms in total. The number of hydrogen-bond donors (Lipinski definition) is 0. The SMILES string of the molecule is CN(c1cc(-c2ccccc2)nc2ccccc12)C1CCN(CCc2ccccc2)CC1. The van der Waals surface area contributed by atoms with Crippen LogP contribution in [0.4, 0.5) is 5.69 Å². The minimum Gasteiger partial charge on any atom is -0.371 e. The number of rotatable bonds is 6. The molecule has 0 unspecified atom stereocenters. The Morgan fingerprint density at radius 2 is 1.50 bits per heavy atom. The van der Waals surface area contributed by atoms with Gasteiger partial charge in [0.05, 0.1) is 11.2 Å². The second-order valence-corrected chi connectivity index (χ2v) is 8.83. The van der Waals surface area contributed by atoms with Crippen LogP contribution in [0.2, 0.25) is 0 Å². The second-order valence-electron chi connectivity index (χ2n) is 8.83. The molecule has 32 heavy (non-hydrogen) atoms. The first-order chi connectivity index (χ1) is 15.8. The Kier molecular flexibility index (Phi) is 6.17. The van der Waals surface area contributed by atoms with Gasteiger partial charge in [0.1, 0.15) is 0 Å². The maximum absolute atomic E-state index is 4.96. The minimum atomic E-state index is 0.553. The van der Waals surface area contributed by atoms with Gasteiger partial charge >= 0.3 is 0 Å². The van der Waals surface area contributed by atoms with Crippen molar-refractivity contribution in [2.45, 2.75) is 25.3 Å². The van der Waals surface area contributed by atoms with Crippen molar-refractivity contribution in [3.05, 3.63) is 96.6 Å². The highest BCUT2D eigenvalue weighted by molar-refractivity contribution is 5.94. The van der Waals surface area contributed by atoms with Gasteiger partial charge in [0.25, 0.3) is 0 Å². The van der Waals surface area contributed by atoms with Crippen molar-refractivity contribution in [1.29, 1.82) is 0 Å². The van der Waals surface area contributed by atoms with E-state index in [1.807, 2.05) is 0 Å². The van der Waals surface area contributed by atoms with E-state index in [-0.39, 0.29) is 0 Å². The van der Waals surface area contributed by atoms with Crippen molar-refractivity contribution in [2.24, 2.45) is 0 Å². The average Bonchev–Trinajstić information content (AvgIpc) is 2.88. The summed E-state index contributed by atoms with van der Waals surface area (Å²) in [5, 5.41) is 1.24. The van der Waals surface area contributed by atoms with Crippen LogP contribution in [-0.2, 0) is 6.42 Å². The summed E-state index contributed by atoms with van der Waals surface area (Å²) in [6.07, 6.45) is 3.53. The molecule has 4 aromatic rings. The first-order valence-electron chi connectivity index (χ1n) is 11.7. The number of hydrogen-bond acceptors (Lipinski definition) is 3. The van der Waals surface area contributed by atoms with Gasteiger partial charge < -0.3 is 9.80 Å². The Hall–Kier alpha value is -3.17. The molecule has 3 heteroatoms. The van der Waals surface area contributed by atoms with Gasteiger partial charge in [0, 0.05) is 49.4 Å². The Morgan fingerprint density at radius 3 is 2.25 bits per heavy atom. The predicted octanol–water partition coefficient (Wildman–Crippen LogP) is 6.05. The van der Waals surface area contributed by atoms with Gasteiger partial charge in [-0.15, -0.1) is 0 Å². The molecule has 0 radical (unpaired) electrons. The van der Waals surface area contributed by atoms with E-state index in [1.165, 1.54) is 35.0 Å². The zero-order chi connectivity index (χ0) is 21.8. The number of piperidine rings is 1. The first kappa shape index (κ1) is 20.7. The van der Waals surface area contributed by atoms with Crippen LogP contribution in [0, 0.1) is 0 Å². The standard InChI is InChI=1S/C29H31N3/c1-31(25-17-20-32(21-18-25)19-16-23-10-4-2-5-11-23)29-22-28(24-12-6-3-7-13-24)30-27-15-9-8-14-26(27)29/h2-15,22,25H,16-21H2,1H3. The van der Waals surface area contributed by atoms with Gasteiger partial charge in [-0.3, -0.25) is 0 Å². The average molecular weight is 422 g/mol. The van der Waals surface area contributed by atoms with E-state index >= 15 is 0 Å². The summed E-state index contributed by atoms with van der Waals surface area (Å²) in [6.45, 7) is 3.48. The molecule has 1 fully saturated rings. The highest BCUT2D eigenvalue weighted by Crippen LogP contribution is 2.33. The number of pyridine rings is 1. The summed E-state index contributed by atoms with van der Waals surface area (Å²) >= 11 is 0. The van der Waals surface area contributed by atoms with E-state index in [2.05, 4.69) is 108 Å². The topological polar surface area (TPSA) is 19.4 Å². The highest BCUT2D eigenvalue weighted by atomic mass is 15.2. The molecular weight excluding hydrogens is 390 g/mol. The molecule has 1 saturated heterocycles. The molecule has 1 aromatic heterocycles. The summed E-state index contributed by atoms with van der Waals surface area (Å²) in [6, 6.07) is 32.7. The van der Waals surface area contributed by atoms with E-state index in [4.69, 9.17) is 4.98 Å². The summed E-state index contributed by atoms with van der Waals surface area (Å²) < 4.78 is 0. The van der Waals surface area contributed by atoms with E-state index in [0.717, 1.165) is 37.3 Å². The lowest BCUT2D eigenvalue weighted by atomic mass is 10.0. The summed E-state index contributed by atoms with van der Waals surface area (Å²) in [5.41, 5.74) is 6.01. The van der Waals surface area contributed by atoms with Gasteiger partial charge in [-0.1, -0.05) is 78.9 Å². The maximum Gasteiger partial charge on any atom is 0.0730 e. The van der Waals surface area contributed by atoms with Crippen molar-refractivity contribution in [3.8, 4) is 11.3 Å². The molecule has 0 saturated carbocycles. The van der Waals surface area contributed by atoms with Gasteiger partial charge in [-0.05, 0) is 37.0 Å². The van der Waals surface area contributed by atoms with E-state index in [1.54, 1.807) is 0 Å². The van der Waals surface area contributed by atoms with Gasteiger partial charge in [-0.2, -0.15) is 0 Å². The molecule has 0 spiro atoms. The lowest BCUT2D eigenvalue weighted by molar-refractivity contribution is 0.213. The van der Waals surface area contributed by atoms with E-state index < -0.39 is 0 Å². The van der Waals surface area contributed by atoms with Crippen LogP contribution in [0.1, 0.15) is 18.4 Å². The van der Waals surface area contributed by atoms with Gasteiger partial charge in [-0.25, -0.2) is 4.98 Å². The maximum atomic E-state index is 4.96. The van der Waals surface area contributed by atoms with Crippen LogP contribution in [0.15, 0.2) is 91.0 Å². The Morgan fingerprint density at radius 1 is 0.844 bits per heavy atom. The largest absolute Gasteiger partial charge is 0.371 e. The molecule has 0 N–H and O–H groups in total. The lowest BCUT2D eigenvalue weighted by Crippen LogP contribution is -2.44. The smallest absolute Gasteiger partial charge is 0.0730 e. The summed E-state index contributed by atoms with van der Waals surface area (Å²) in [4.78, 5) is 10.1. The summed E-state index contributed by atoms with van der Waals surface area (Å²) in [7, 11) is 2.26. The van der Waals surface area contributed by atoms with Gasteiger partial charge in [0.15, 0.2) is 0 Å². The lowest BCUT2D eigenvalue weighted by Gasteiger charge is -2.38. The first-order valence-corrected chi connectivity index (χ1v) is 11.7. The number of nitrogens with zero attached hydrogens (tertiary/aromatic N) is 3. The molecule has 5 rings (SSSR count). The highest BCUT2D eigenvalue weighted by Gasteiger charge is 2.24. The normalized spacial score (nSPS) is 15.2. The fraction of sp³-hybridized carbons (Fsp3) is 0.276. The third-order valence-electron chi connectivity index (χ3n) is 6.81. The van der Waals surface area contributed by atoms with Crippen molar-refractivity contribution < 1.29 is 0 Å². The van der Waals surface area contributed by atoms with E-state index in [9.17, 15) is 0 Å². The van der Waals surface area contributed by atoms with E-state index in [0.29, 0.717) is 6.04 Å². The molecular formula is C29H31N3. The van der Waals surface area contributed by atoms with Crippen LogP contribution in [0.5, 0.6) is 0 Å². The predicted molar refractivity (Wildman–Crippen MR) is 135 cm³/mol. The second kappa shape index (κ2) is 9.54. The molecule has 162 valence electrons. The van der Waals surface area contributed by atoms with Crippen molar-refractivity contribution in [3.63, 3.8) is 0 Å². The Balaban J connectivity index is 1.32. The third-order valence-corrected chi connectivity index (χ3v) is 6.81. The van der Waals surface area contributed by atoms with Crippen molar-refractivity contribution in [1.82, 2.24) is 9.88 Å². The van der Waals surface area contributed by atoms with Crippen LogP contribution < -0.4 is 4.90 Å². The Bertz CT molecular complexity index is 1150. The molecule has 0 aliphatic carbocycles. The van der Waals surface area contributed by atoms with Crippen molar-refractivity contribution in [2.75, 3.05) is 31.6 Å². The Labute approximate surface area is 191 Å². The molecule has 0 bridgehead atoms. The van der Waals surface area contributed by atoms with Gasteiger partial charge in [0.2, 0.25) is 0 Å². The molecule has 2 heterocycles. The molecule has 0 amide bonds.